The first kappa shape index (κ1) is 47.1. The maximum Gasteiger partial charge on any atom is 1.00 e. The van der Waals surface area contributed by atoms with Crippen molar-refractivity contribution in [3.8, 4) is 11.8 Å². The molecule has 0 aromatic heterocycles. The van der Waals surface area contributed by atoms with Gasteiger partial charge in [-0.1, -0.05) is 81.9 Å². The topological polar surface area (TPSA) is 228 Å². The molecule has 2 aromatic carbocycles. The van der Waals surface area contributed by atoms with Crippen molar-refractivity contribution in [1.29, 1.82) is 0 Å². The normalized spacial score (nSPS) is 16.7. The molecule has 3 heterocycles. The molecule has 0 bridgehead atoms. The molecule has 6 amide bonds. The van der Waals surface area contributed by atoms with E-state index in [4.69, 9.17) is 4.84 Å². The van der Waals surface area contributed by atoms with E-state index >= 15 is 0 Å². The fourth-order valence-electron chi connectivity index (χ4n) is 5.96. The van der Waals surface area contributed by atoms with Gasteiger partial charge in [-0.05, 0) is 42.5 Å². The van der Waals surface area contributed by atoms with Crippen LogP contribution in [-0.4, -0.2) is 100 Å². The van der Waals surface area contributed by atoms with Crippen molar-refractivity contribution < 1.29 is 80.9 Å². The fraction of sp³-hybridized carbons (Fsp3) is 0.432. The summed E-state index contributed by atoms with van der Waals surface area (Å²) in [7, 11) is -1.49. The van der Waals surface area contributed by atoms with Gasteiger partial charge in [0.05, 0.1) is 25.1 Å². The zero-order valence-electron chi connectivity index (χ0n) is 31.6. The van der Waals surface area contributed by atoms with E-state index in [1.807, 2.05) is 51.9 Å². The minimum Gasteiger partial charge on any atom is -0.747 e. The average molecular weight is 882 g/mol. The van der Waals surface area contributed by atoms with Crippen molar-refractivity contribution in [2.45, 2.75) is 62.8 Å². The number of thioether (sulfide) groups is 1. The molecule has 0 aliphatic carbocycles. The first-order valence-corrected chi connectivity index (χ1v) is 23.0. The van der Waals surface area contributed by atoms with E-state index < -0.39 is 63.2 Å². The fourth-order valence-corrected chi connectivity index (χ4v) is 10.5. The quantitative estimate of drug-likeness (QED) is 0.0453. The number of rotatable bonds is 17. The number of anilines is 1. The van der Waals surface area contributed by atoms with Crippen LogP contribution in [0.2, 0.25) is 0 Å². The second kappa shape index (κ2) is 22.7. The molecule has 2 atom stereocenters. The number of carbonyl (C=O) groups is 7. The Kier molecular flexibility index (Phi) is 18.5. The SMILES string of the molecule is O=C(CCSC(=O)C(CC(=O)ON1C(=O)CC(S(=O)(=O)[O-])C1=O)NC(=O)NCCC(=O)N1Cc2ccccc2C#Cc2ccccc21)NCCCCC1CSSC1.[Na+]. The molecule has 3 aliphatic rings. The number of hydrogen-bond acceptors (Lipinski definition) is 14. The van der Waals surface area contributed by atoms with Crippen LogP contribution in [0.1, 0.15) is 61.6 Å². The molecule has 21 heteroatoms. The third-order valence-electron chi connectivity index (χ3n) is 8.99. The number of fused-ring (bicyclic) bond motifs is 2. The number of nitrogens with zero attached hydrogens (tertiary/aromatic N) is 2. The van der Waals surface area contributed by atoms with Crippen LogP contribution in [0.3, 0.4) is 0 Å². The number of urea groups is 1. The summed E-state index contributed by atoms with van der Waals surface area (Å²) in [6, 6.07) is 12.0. The van der Waals surface area contributed by atoms with Gasteiger partial charge >= 0.3 is 41.6 Å². The molecule has 2 saturated heterocycles. The standard InChI is InChI=1S/C37H41N5O11S4.Na/c43-31(38-16-6-5-7-24-22-55-56-23-24)15-18-54-36(48)28(19-34(46)53-42-33(45)20-30(35(42)47)57(50,51)52)40-37(49)39-17-14-32(44)41-21-27-10-2-1-8-25(27)12-13-26-9-3-4-11-29(26)41;/h1-4,8-11,24,28,30H,5-7,14-23H2,(H,38,43)(H2,39,40,49)(H,50,51,52);/q;+1/p-1. The molecule has 2 fully saturated rings. The molecule has 3 N–H and O–H groups in total. The van der Waals surface area contributed by atoms with Gasteiger partial charge < -0.3 is 30.2 Å². The number of benzene rings is 2. The minimum atomic E-state index is -5.23. The zero-order valence-corrected chi connectivity index (χ0v) is 36.8. The summed E-state index contributed by atoms with van der Waals surface area (Å²) >= 11 is 0.649. The monoisotopic (exact) mass is 881 g/mol. The molecular weight excluding hydrogens is 842 g/mol. The van der Waals surface area contributed by atoms with Gasteiger partial charge in [-0.25, -0.2) is 18.0 Å². The van der Waals surface area contributed by atoms with E-state index in [0.717, 1.165) is 41.9 Å². The number of imide groups is 1. The molecule has 3 aliphatic heterocycles. The number of para-hydroxylation sites is 1. The summed E-state index contributed by atoms with van der Waals surface area (Å²) in [5.41, 5.74) is 2.84. The molecule has 16 nitrogen and oxygen atoms in total. The number of nitrogens with one attached hydrogen (secondary N) is 3. The molecule has 304 valence electrons. The molecule has 2 aromatic rings. The van der Waals surface area contributed by atoms with Gasteiger partial charge in [0.2, 0.25) is 16.9 Å². The number of hydrogen-bond donors (Lipinski definition) is 3. The Hall–Kier alpha value is -3.55. The Labute approximate surface area is 370 Å². The van der Waals surface area contributed by atoms with E-state index in [9.17, 15) is 46.5 Å². The third-order valence-corrected chi connectivity index (χ3v) is 13.7. The van der Waals surface area contributed by atoms with Crippen LogP contribution in [-0.2, 0) is 50.3 Å². The van der Waals surface area contributed by atoms with Gasteiger partial charge in [-0.15, -0.1) is 5.06 Å². The van der Waals surface area contributed by atoms with Crippen LogP contribution in [0, 0.1) is 17.8 Å². The van der Waals surface area contributed by atoms with Crippen LogP contribution in [0.5, 0.6) is 0 Å². The van der Waals surface area contributed by atoms with Gasteiger partial charge in [0.15, 0.2) is 0 Å². The summed E-state index contributed by atoms with van der Waals surface area (Å²) in [5, 5.41) is 4.45. The van der Waals surface area contributed by atoms with Crippen LogP contribution in [0.15, 0.2) is 48.5 Å². The molecule has 0 spiro atoms. The van der Waals surface area contributed by atoms with Crippen molar-refractivity contribution in [2.24, 2.45) is 5.92 Å². The second-order valence-electron chi connectivity index (χ2n) is 13.2. The molecule has 0 radical (unpaired) electrons. The maximum absolute atomic E-state index is 13.6. The predicted molar refractivity (Wildman–Crippen MR) is 213 cm³/mol. The van der Waals surface area contributed by atoms with E-state index in [1.165, 1.54) is 0 Å². The van der Waals surface area contributed by atoms with Crippen molar-refractivity contribution in [3.05, 3.63) is 65.2 Å². The van der Waals surface area contributed by atoms with E-state index in [2.05, 4.69) is 27.8 Å². The summed E-state index contributed by atoms with van der Waals surface area (Å²) in [5.74, 6) is 4.38. The molecule has 0 saturated carbocycles. The largest absolute Gasteiger partial charge is 1.00 e. The molecular formula is C37H40N5NaO11S4. The summed E-state index contributed by atoms with van der Waals surface area (Å²) in [6.07, 6.45) is 0.737. The van der Waals surface area contributed by atoms with Gasteiger partial charge in [-0.3, -0.25) is 24.0 Å². The van der Waals surface area contributed by atoms with E-state index in [-0.39, 0.29) is 78.1 Å². The van der Waals surface area contributed by atoms with Crippen LogP contribution >= 0.6 is 33.3 Å². The van der Waals surface area contributed by atoms with Gasteiger partial charge in [0.25, 0.3) is 11.8 Å². The Balaban J connectivity index is 0.00000744. The Bertz CT molecular complexity index is 2060. The van der Waals surface area contributed by atoms with Crippen molar-refractivity contribution >= 4 is 89.9 Å². The summed E-state index contributed by atoms with van der Waals surface area (Å²) in [6.45, 7) is 0.524. The average Bonchev–Trinajstić information content (AvgIpc) is 3.79. The van der Waals surface area contributed by atoms with Gasteiger partial charge in [0.1, 0.15) is 21.4 Å². The Morgan fingerprint density at radius 2 is 1.62 bits per heavy atom. The number of hydroxylamine groups is 2. The molecule has 2 unspecified atom stereocenters. The van der Waals surface area contributed by atoms with Crippen LogP contribution in [0.4, 0.5) is 10.5 Å². The molecule has 5 rings (SSSR count). The number of unbranched alkanes of at least 4 members (excludes halogenated alkanes) is 1. The first-order valence-electron chi connectivity index (χ1n) is 18.0. The predicted octanol–water partition coefficient (Wildman–Crippen LogP) is -0.536. The Morgan fingerprint density at radius 1 is 0.931 bits per heavy atom. The van der Waals surface area contributed by atoms with E-state index in [0.29, 0.717) is 35.5 Å². The first-order chi connectivity index (χ1) is 27.3. The Morgan fingerprint density at radius 3 is 2.34 bits per heavy atom. The number of amides is 6. The smallest absolute Gasteiger partial charge is 0.747 e. The number of carbonyl (C=O) groups excluding carboxylic acids is 7. The summed E-state index contributed by atoms with van der Waals surface area (Å²) < 4.78 is 34.2. The summed E-state index contributed by atoms with van der Waals surface area (Å²) in [4.78, 5) is 96.0. The third kappa shape index (κ3) is 13.8. The van der Waals surface area contributed by atoms with E-state index in [1.54, 1.807) is 23.1 Å². The maximum atomic E-state index is 13.6. The van der Waals surface area contributed by atoms with Gasteiger partial charge in [-0.2, -0.15) is 0 Å². The van der Waals surface area contributed by atoms with Crippen LogP contribution in [0.25, 0.3) is 0 Å². The van der Waals surface area contributed by atoms with Crippen molar-refractivity contribution in [2.75, 3.05) is 35.2 Å². The van der Waals surface area contributed by atoms with Gasteiger partial charge in [0, 0.05) is 54.3 Å². The van der Waals surface area contributed by atoms with Crippen molar-refractivity contribution in [3.63, 3.8) is 0 Å². The second-order valence-corrected chi connectivity index (χ2v) is 18.4. The zero-order chi connectivity index (χ0) is 41.0. The van der Waals surface area contributed by atoms with Crippen LogP contribution < -0.4 is 50.4 Å². The minimum absolute atomic E-state index is 0. The molecule has 58 heavy (non-hydrogen) atoms. The van der Waals surface area contributed by atoms with Crippen molar-refractivity contribution in [1.82, 2.24) is 21.0 Å².